The van der Waals surface area contributed by atoms with Crippen molar-refractivity contribution in [1.29, 1.82) is 5.41 Å². The van der Waals surface area contributed by atoms with Crippen molar-refractivity contribution >= 4 is 12.1 Å². The summed E-state index contributed by atoms with van der Waals surface area (Å²) in [6.07, 6.45) is 1.37. The minimum absolute atomic E-state index is 0.0763. The molecule has 2 atom stereocenters. The molecule has 0 spiro atoms. The van der Waals surface area contributed by atoms with Crippen LogP contribution in [0.1, 0.15) is 27.7 Å². The number of piperazine rings is 1. The van der Waals surface area contributed by atoms with Crippen molar-refractivity contribution in [3.63, 3.8) is 0 Å². The lowest BCUT2D eigenvalue weighted by molar-refractivity contribution is -0.140. The predicted octanol–water partition coefficient (Wildman–Crippen LogP) is 1.23. The summed E-state index contributed by atoms with van der Waals surface area (Å²) >= 11 is 0. The molecule has 1 aliphatic rings. The minimum Gasteiger partial charge on any atom is -0.368 e. The lowest BCUT2D eigenvalue weighted by atomic mass is 9.94. The molecule has 1 N–H and O–H groups in total. The fourth-order valence-corrected chi connectivity index (χ4v) is 2.12. The van der Waals surface area contributed by atoms with Crippen molar-refractivity contribution in [2.24, 2.45) is 5.92 Å². The number of nitrogens with zero attached hydrogens (tertiary/aromatic N) is 2. The molecule has 110 valence electrons. The number of amides is 1. The molecule has 0 radical (unpaired) electrons. The fraction of sp³-hybridized carbons (Fsp3) is 0.857. The number of rotatable bonds is 6. The summed E-state index contributed by atoms with van der Waals surface area (Å²) in [6.45, 7) is 10.9. The average Bonchev–Trinajstić information content (AvgIpc) is 2.38. The van der Waals surface area contributed by atoms with Crippen LogP contribution in [0.2, 0.25) is 0 Å². The van der Waals surface area contributed by atoms with Crippen LogP contribution in [0.3, 0.4) is 0 Å². The van der Waals surface area contributed by atoms with Crippen LogP contribution in [-0.2, 0) is 9.53 Å². The highest BCUT2D eigenvalue weighted by Gasteiger charge is 2.30. The second-order valence-corrected chi connectivity index (χ2v) is 5.80. The molecule has 19 heavy (non-hydrogen) atoms. The van der Waals surface area contributed by atoms with E-state index in [9.17, 15) is 4.79 Å². The first-order chi connectivity index (χ1) is 8.81. The van der Waals surface area contributed by atoms with Crippen molar-refractivity contribution in [1.82, 2.24) is 9.80 Å². The zero-order valence-corrected chi connectivity index (χ0v) is 12.8. The average molecular weight is 269 g/mol. The highest BCUT2D eigenvalue weighted by molar-refractivity contribution is 5.81. The van der Waals surface area contributed by atoms with E-state index in [0.717, 1.165) is 19.6 Å². The van der Waals surface area contributed by atoms with Gasteiger partial charge in [-0.05, 0) is 19.8 Å². The Balaban J connectivity index is 2.45. The van der Waals surface area contributed by atoms with Crippen LogP contribution in [0, 0.1) is 11.3 Å². The van der Waals surface area contributed by atoms with Gasteiger partial charge in [0.05, 0.1) is 12.6 Å². The molecular formula is C14H27N3O2. The number of carbonyl (C=O) groups excluding carboxylic acids is 1. The maximum absolute atomic E-state index is 11.9. The molecule has 0 bridgehead atoms. The summed E-state index contributed by atoms with van der Waals surface area (Å²) in [5.74, 6) is 0.432. The molecule has 1 amide bonds. The van der Waals surface area contributed by atoms with E-state index in [2.05, 4.69) is 4.90 Å². The van der Waals surface area contributed by atoms with Gasteiger partial charge in [0, 0.05) is 32.9 Å². The number of hydrogen-bond acceptors (Lipinski definition) is 4. The Hall–Kier alpha value is -0.940. The van der Waals surface area contributed by atoms with E-state index in [1.165, 1.54) is 6.21 Å². The number of hydrogen-bond donors (Lipinski definition) is 1. The highest BCUT2D eigenvalue weighted by Crippen LogP contribution is 2.19. The second-order valence-electron chi connectivity index (χ2n) is 5.80. The van der Waals surface area contributed by atoms with Crippen LogP contribution in [0.25, 0.3) is 0 Å². The molecule has 1 saturated heterocycles. The summed E-state index contributed by atoms with van der Waals surface area (Å²) in [6, 6.07) is -0.0763. The fourth-order valence-electron chi connectivity index (χ4n) is 2.12. The Morgan fingerprint density at radius 1 is 1.53 bits per heavy atom. The van der Waals surface area contributed by atoms with Crippen LogP contribution in [0.15, 0.2) is 0 Å². The molecule has 0 aromatic carbocycles. The third-order valence-corrected chi connectivity index (χ3v) is 4.23. The SMILES string of the molecule is CC(C)C(C)(C=N)OCCN1CCN(C)C(=O)[C@H]1C. The van der Waals surface area contributed by atoms with E-state index in [-0.39, 0.29) is 17.9 Å². The van der Waals surface area contributed by atoms with E-state index < -0.39 is 5.60 Å². The van der Waals surface area contributed by atoms with Gasteiger partial charge in [0.1, 0.15) is 5.60 Å². The smallest absolute Gasteiger partial charge is 0.239 e. The first-order valence-corrected chi connectivity index (χ1v) is 6.96. The summed E-state index contributed by atoms with van der Waals surface area (Å²) in [5, 5.41) is 7.48. The molecule has 1 unspecified atom stereocenters. The summed E-state index contributed by atoms with van der Waals surface area (Å²) in [7, 11) is 1.84. The number of carbonyl (C=O) groups is 1. The van der Waals surface area contributed by atoms with Gasteiger partial charge in [0.15, 0.2) is 0 Å². The van der Waals surface area contributed by atoms with Crippen molar-refractivity contribution in [3.8, 4) is 0 Å². The largest absolute Gasteiger partial charge is 0.368 e. The summed E-state index contributed by atoms with van der Waals surface area (Å²) in [4.78, 5) is 15.8. The lowest BCUT2D eigenvalue weighted by Gasteiger charge is -2.38. The molecule has 0 aromatic heterocycles. The molecule has 1 fully saturated rings. The van der Waals surface area contributed by atoms with Crippen molar-refractivity contribution in [2.75, 3.05) is 33.3 Å². The molecule has 0 aliphatic carbocycles. The van der Waals surface area contributed by atoms with Crippen LogP contribution >= 0.6 is 0 Å². The van der Waals surface area contributed by atoms with Crippen LogP contribution < -0.4 is 0 Å². The standard InChI is InChI=1S/C14H27N3O2/c1-11(2)14(4,10-15)19-9-8-17-7-6-16(5)13(18)12(17)3/h10-12,15H,6-9H2,1-5H3/t12-,14?/m1/s1. The van der Waals surface area contributed by atoms with Gasteiger partial charge >= 0.3 is 0 Å². The van der Waals surface area contributed by atoms with E-state index in [1.54, 1.807) is 4.90 Å². The second kappa shape index (κ2) is 6.48. The lowest BCUT2D eigenvalue weighted by Crippen LogP contribution is -2.55. The summed E-state index contributed by atoms with van der Waals surface area (Å²) < 4.78 is 5.84. The molecular weight excluding hydrogens is 242 g/mol. The van der Waals surface area contributed by atoms with E-state index in [0.29, 0.717) is 6.61 Å². The van der Waals surface area contributed by atoms with E-state index in [1.807, 2.05) is 34.7 Å². The molecule has 0 aromatic rings. The van der Waals surface area contributed by atoms with E-state index in [4.69, 9.17) is 10.1 Å². The van der Waals surface area contributed by atoms with Crippen molar-refractivity contribution in [2.45, 2.75) is 39.3 Å². The van der Waals surface area contributed by atoms with Gasteiger partial charge in [0.2, 0.25) is 5.91 Å². The monoisotopic (exact) mass is 269 g/mol. The molecule has 1 rings (SSSR count). The zero-order chi connectivity index (χ0) is 14.6. The number of likely N-dealkylation sites (N-methyl/N-ethyl adjacent to an activating group) is 1. The van der Waals surface area contributed by atoms with Gasteiger partial charge in [-0.25, -0.2) is 0 Å². The third kappa shape index (κ3) is 3.76. The first-order valence-electron chi connectivity index (χ1n) is 6.96. The van der Waals surface area contributed by atoms with Crippen LogP contribution in [0.5, 0.6) is 0 Å². The molecule has 1 aliphatic heterocycles. The number of nitrogens with one attached hydrogen (secondary N) is 1. The summed E-state index contributed by atoms with van der Waals surface area (Å²) in [5.41, 5.74) is -0.514. The molecule has 5 heteroatoms. The molecule has 1 heterocycles. The van der Waals surface area contributed by atoms with Crippen molar-refractivity contribution < 1.29 is 9.53 Å². The Labute approximate surface area is 116 Å². The topological polar surface area (TPSA) is 56.6 Å². The Kier molecular flexibility index (Phi) is 5.50. The maximum Gasteiger partial charge on any atom is 0.239 e. The van der Waals surface area contributed by atoms with Gasteiger partial charge in [-0.1, -0.05) is 13.8 Å². The Morgan fingerprint density at radius 3 is 2.68 bits per heavy atom. The quantitative estimate of drug-likeness (QED) is 0.738. The van der Waals surface area contributed by atoms with Crippen LogP contribution in [-0.4, -0.2) is 66.9 Å². The number of ether oxygens (including phenoxy) is 1. The predicted molar refractivity (Wildman–Crippen MR) is 76.7 cm³/mol. The third-order valence-electron chi connectivity index (χ3n) is 4.23. The van der Waals surface area contributed by atoms with Crippen molar-refractivity contribution in [3.05, 3.63) is 0 Å². The van der Waals surface area contributed by atoms with Gasteiger partial charge in [0.25, 0.3) is 0 Å². The maximum atomic E-state index is 11.9. The Morgan fingerprint density at radius 2 is 2.16 bits per heavy atom. The van der Waals surface area contributed by atoms with Gasteiger partial charge in [-0.2, -0.15) is 0 Å². The normalized spacial score (nSPS) is 24.6. The zero-order valence-electron chi connectivity index (χ0n) is 12.8. The van der Waals surface area contributed by atoms with Gasteiger partial charge in [-0.3, -0.25) is 9.69 Å². The first kappa shape index (κ1) is 16.1. The molecule has 0 saturated carbocycles. The highest BCUT2D eigenvalue weighted by atomic mass is 16.5. The minimum atomic E-state index is -0.514. The van der Waals surface area contributed by atoms with Gasteiger partial charge < -0.3 is 15.0 Å². The van der Waals surface area contributed by atoms with Crippen LogP contribution in [0.4, 0.5) is 0 Å². The van der Waals surface area contributed by atoms with Gasteiger partial charge in [-0.15, -0.1) is 0 Å². The molecule has 5 nitrogen and oxygen atoms in total. The Bertz CT molecular complexity index is 333. The van der Waals surface area contributed by atoms with E-state index >= 15 is 0 Å².